The highest BCUT2D eigenvalue weighted by molar-refractivity contribution is 7.99. The minimum absolute atomic E-state index is 0.0589. The fraction of sp³-hybridized carbons (Fsp3) is 0.417. The standard InChI is InChI=1S/C12H18N2OS/c1-8(12(14)15)7-16-11-5-3-10(4-6-11)9(2)13/h3-6,8-9H,7,13H2,1-2H3,(H2,14,15). The molecule has 0 heterocycles. The minimum Gasteiger partial charge on any atom is -0.369 e. The van der Waals surface area contributed by atoms with Crippen LogP contribution in [0.15, 0.2) is 29.2 Å². The van der Waals surface area contributed by atoms with Crippen molar-refractivity contribution in [2.24, 2.45) is 17.4 Å². The first kappa shape index (κ1) is 13.1. The van der Waals surface area contributed by atoms with Crippen LogP contribution in [0.3, 0.4) is 0 Å². The van der Waals surface area contributed by atoms with Crippen LogP contribution in [0.2, 0.25) is 0 Å². The SMILES string of the molecule is CC(CSc1ccc(C(C)N)cc1)C(N)=O. The van der Waals surface area contributed by atoms with E-state index in [1.807, 2.05) is 38.1 Å². The lowest BCUT2D eigenvalue weighted by atomic mass is 10.1. The second-order valence-electron chi connectivity index (χ2n) is 3.97. The van der Waals surface area contributed by atoms with Crippen LogP contribution in [0.5, 0.6) is 0 Å². The van der Waals surface area contributed by atoms with E-state index in [-0.39, 0.29) is 17.9 Å². The molecule has 0 saturated heterocycles. The fourth-order valence-corrected chi connectivity index (χ4v) is 2.11. The van der Waals surface area contributed by atoms with Crippen molar-refractivity contribution in [3.8, 4) is 0 Å². The molecule has 2 unspecified atom stereocenters. The molecule has 4 heteroatoms. The van der Waals surface area contributed by atoms with Crippen LogP contribution in [-0.2, 0) is 4.79 Å². The van der Waals surface area contributed by atoms with Crippen molar-refractivity contribution in [2.45, 2.75) is 24.8 Å². The average molecular weight is 238 g/mol. The van der Waals surface area contributed by atoms with Crippen molar-refractivity contribution in [1.82, 2.24) is 0 Å². The van der Waals surface area contributed by atoms with Crippen LogP contribution in [0.4, 0.5) is 0 Å². The van der Waals surface area contributed by atoms with Crippen LogP contribution >= 0.6 is 11.8 Å². The number of carbonyl (C=O) groups is 1. The van der Waals surface area contributed by atoms with E-state index >= 15 is 0 Å². The molecule has 1 aromatic carbocycles. The molecule has 0 saturated carbocycles. The molecule has 0 spiro atoms. The quantitative estimate of drug-likeness (QED) is 0.770. The maximum absolute atomic E-state index is 10.9. The molecule has 1 aromatic rings. The third-order valence-electron chi connectivity index (χ3n) is 2.39. The lowest BCUT2D eigenvalue weighted by Crippen LogP contribution is -2.22. The van der Waals surface area contributed by atoms with Crippen molar-refractivity contribution in [3.05, 3.63) is 29.8 Å². The molecular weight excluding hydrogens is 220 g/mol. The molecule has 1 rings (SSSR count). The number of primary amides is 1. The molecule has 4 N–H and O–H groups in total. The highest BCUT2D eigenvalue weighted by Crippen LogP contribution is 2.22. The smallest absolute Gasteiger partial charge is 0.221 e. The van der Waals surface area contributed by atoms with Crippen molar-refractivity contribution < 1.29 is 4.79 Å². The second kappa shape index (κ2) is 5.92. The molecule has 0 aliphatic heterocycles. The largest absolute Gasteiger partial charge is 0.369 e. The Balaban J connectivity index is 2.52. The van der Waals surface area contributed by atoms with Crippen molar-refractivity contribution in [3.63, 3.8) is 0 Å². The van der Waals surface area contributed by atoms with Gasteiger partial charge in [0.05, 0.1) is 0 Å². The van der Waals surface area contributed by atoms with Crippen LogP contribution in [0.1, 0.15) is 25.5 Å². The van der Waals surface area contributed by atoms with Gasteiger partial charge in [-0.1, -0.05) is 19.1 Å². The summed E-state index contributed by atoms with van der Waals surface area (Å²) < 4.78 is 0. The lowest BCUT2D eigenvalue weighted by Gasteiger charge is -2.08. The van der Waals surface area contributed by atoms with Crippen LogP contribution in [-0.4, -0.2) is 11.7 Å². The van der Waals surface area contributed by atoms with Gasteiger partial charge in [0.25, 0.3) is 0 Å². The van der Waals surface area contributed by atoms with Crippen LogP contribution in [0, 0.1) is 5.92 Å². The Morgan fingerprint density at radius 3 is 2.31 bits per heavy atom. The first-order valence-electron chi connectivity index (χ1n) is 5.28. The predicted molar refractivity (Wildman–Crippen MR) is 68.1 cm³/mol. The van der Waals surface area contributed by atoms with Crippen LogP contribution in [0.25, 0.3) is 0 Å². The van der Waals surface area contributed by atoms with Gasteiger partial charge in [0, 0.05) is 22.6 Å². The summed E-state index contributed by atoms with van der Waals surface area (Å²) in [5.74, 6) is 0.366. The summed E-state index contributed by atoms with van der Waals surface area (Å²) in [5, 5.41) is 0. The van der Waals surface area contributed by atoms with Gasteiger partial charge in [0.2, 0.25) is 5.91 Å². The van der Waals surface area contributed by atoms with E-state index in [4.69, 9.17) is 11.5 Å². The zero-order valence-electron chi connectivity index (χ0n) is 9.64. The third-order valence-corrected chi connectivity index (χ3v) is 3.66. The molecule has 0 bridgehead atoms. The number of nitrogens with two attached hydrogens (primary N) is 2. The Hall–Kier alpha value is -1.00. The zero-order valence-corrected chi connectivity index (χ0v) is 10.5. The molecule has 2 atom stereocenters. The minimum atomic E-state index is -0.250. The maximum atomic E-state index is 10.9. The van der Waals surface area contributed by atoms with Gasteiger partial charge in [-0.3, -0.25) is 4.79 Å². The predicted octanol–water partition coefficient (Wildman–Crippen LogP) is 1.92. The summed E-state index contributed by atoms with van der Waals surface area (Å²) in [6.45, 7) is 3.79. The Morgan fingerprint density at radius 1 is 1.31 bits per heavy atom. The molecular formula is C12H18N2OS. The average Bonchev–Trinajstić information content (AvgIpc) is 2.26. The zero-order chi connectivity index (χ0) is 12.1. The number of thioether (sulfide) groups is 1. The Labute approximate surface area is 101 Å². The summed E-state index contributed by atoms with van der Waals surface area (Å²) >= 11 is 1.64. The van der Waals surface area contributed by atoms with Gasteiger partial charge in [-0.2, -0.15) is 0 Å². The fourth-order valence-electron chi connectivity index (χ4n) is 1.17. The monoisotopic (exact) mass is 238 g/mol. The first-order chi connectivity index (χ1) is 7.50. The van der Waals surface area contributed by atoms with E-state index in [0.717, 1.165) is 10.5 Å². The first-order valence-corrected chi connectivity index (χ1v) is 6.27. The number of amides is 1. The van der Waals surface area contributed by atoms with Crippen molar-refractivity contribution >= 4 is 17.7 Å². The van der Waals surface area contributed by atoms with Crippen molar-refractivity contribution in [2.75, 3.05) is 5.75 Å². The van der Waals surface area contributed by atoms with Crippen molar-refractivity contribution in [1.29, 1.82) is 0 Å². The Morgan fingerprint density at radius 2 is 1.88 bits per heavy atom. The number of hydrogen-bond donors (Lipinski definition) is 2. The molecule has 0 radical (unpaired) electrons. The van der Waals surface area contributed by atoms with Gasteiger partial charge >= 0.3 is 0 Å². The summed E-state index contributed by atoms with van der Waals surface area (Å²) in [5.41, 5.74) is 12.1. The van der Waals surface area contributed by atoms with Gasteiger partial charge in [0.15, 0.2) is 0 Å². The molecule has 88 valence electrons. The van der Waals surface area contributed by atoms with Gasteiger partial charge in [-0.05, 0) is 24.6 Å². The molecule has 16 heavy (non-hydrogen) atoms. The highest BCUT2D eigenvalue weighted by atomic mass is 32.2. The van der Waals surface area contributed by atoms with Gasteiger partial charge in [-0.15, -0.1) is 11.8 Å². The highest BCUT2D eigenvalue weighted by Gasteiger charge is 2.08. The van der Waals surface area contributed by atoms with Gasteiger partial charge in [-0.25, -0.2) is 0 Å². The van der Waals surface area contributed by atoms with E-state index in [1.54, 1.807) is 11.8 Å². The molecule has 1 amide bonds. The number of hydrogen-bond acceptors (Lipinski definition) is 3. The molecule has 0 aromatic heterocycles. The van der Waals surface area contributed by atoms with E-state index < -0.39 is 0 Å². The maximum Gasteiger partial charge on any atom is 0.221 e. The summed E-state index contributed by atoms with van der Waals surface area (Å²) in [6.07, 6.45) is 0. The third kappa shape index (κ3) is 3.87. The molecule has 3 nitrogen and oxygen atoms in total. The number of rotatable bonds is 5. The topological polar surface area (TPSA) is 69.1 Å². The number of carbonyl (C=O) groups excluding carboxylic acids is 1. The molecule has 0 aliphatic carbocycles. The van der Waals surface area contributed by atoms with E-state index in [1.165, 1.54) is 0 Å². The molecule has 0 fully saturated rings. The van der Waals surface area contributed by atoms with Gasteiger partial charge < -0.3 is 11.5 Å². The van der Waals surface area contributed by atoms with Gasteiger partial charge in [0.1, 0.15) is 0 Å². The normalized spacial score (nSPS) is 14.4. The van der Waals surface area contributed by atoms with Crippen LogP contribution < -0.4 is 11.5 Å². The lowest BCUT2D eigenvalue weighted by molar-refractivity contribution is -0.120. The van der Waals surface area contributed by atoms with E-state index in [2.05, 4.69) is 0 Å². The summed E-state index contributed by atoms with van der Waals surface area (Å²) in [4.78, 5) is 12.0. The van der Waals surface area contributed by atoms with E-state index in [9.17, 15) is 4.79 Å². The number of benzene rings is 1. The second-order valence-corrected chi connectivity index (χ2v) is 5.07. The summed E-state index contributed by atoms with van der Waals surface area (Å²) in [7, 11) is 0. The Bertz CT molecular complexity index is 349. The Kier molecular flexibility index (Phi) is 4.83. The summed E-state index contributed by atoms with van der Waals surface area (Å²) in [6, 6.07) is 8.14. The molecule has 0 aliphatic rings. The van der Waals surface area contributed by atoms with E-state index in [0.29, 0.717) is 5.75 Å².